The fourth-order valence-electron chi connectivity index (χ4n) is 1.51. The lowest BCUT2D eigenvalue weighted by molar-refractivity contribution is -0.0521. The van der Waals surface area contributed by atoms with Gasteiger partial charge in [-0.2, -0.15) is 8.78 Å². The van der Waals surface area contributed by atoms with Gasteiger partial charge in [-0.05, 0) is 24.3 Å². The van der Waals surface area contributed by atoms with Gasteiger partial charge in [-0.1, -0.05) is 18.2 Å². The normalized spacial score (nSPS) is 10.3. The van der Waals surface area contributed by atoms with Crippen LogP contribution in [0.15, 0.2) is 48.5 Å². The quantitative estimate of drug-likeness (QED) is 0.926. The molecule has 2 aromatic rings. The van der Waals surface area contributed by atoms with E-state index in [-0.39, 0.29) is 5.69 Å². The first-order chi connectivity index (χ1) is 10.0. The van der Waals surface area contributed by atoms with E-state index in [0.29, 0.717) is 5.75 Å². The fraction of sp³-hybridized carbons (Fsp3) is 0.0714. The Morgan fingerprint density at radius 1 is 1.10 bits per heavy atom. The molecule has 2 aromatic carbocycles. The van der Waals surface area contributed by atoms with Crippen molar-refractivity contribution < 1.29 is 27.4 Å². The van der Waals surface area contributed by atoms with Crippen LogP contribution in [0.1, 0.15) is 0 Å². The summed E-state index contributed by atoms with van der Waals surface area (Å²) in [6.45, 7) is -3.16. The Kier molecular flexibility index (Phi) is 4.65. The molecule has 0 spiro atoms. The number of rotatable bonds is 4. The molecule has 0 radical (unpaired) electrons. The molecule has 0 unspecified atom stereocenters. The first-order valence-electron chi connectivity index (χ1n) is 5.83. The van der Waals surface area contributed by atoms with Crippen LogP contribution in [-0.2, 0) is 0 Å². The first kappa shape index (κ1) is 14.7. The van der Waals surface area contributed by atoms with Crippen molar-refractivity contribution in [3.05, 3.63) is 54.3 Å². The Labute approximate surface area is 118 Å². The van der Waals surface area contributed by atoms with Crippen LogP contribution < -0.4 is 14.8 Å². The third-order valence-electron chi connectivity index (χ3n) is 2.35. The van der Waals surface area contributed by atoms with Gasteiger partial charge in [0.25, 0.3) is 0 Å². The highest BCUT2D eigenvalue weighted by atomic mass is 19.3. The molecule has 0 fully saturated rings. The van der Waals surface area contributed by atoms with Crippen LogP contribution in [0.3, 0.4) is 0 Å². The van der Waals surface area contributed by atoms with Crippen molar-refractivity contribution in [2.24, 2.45) is 0 Å². The van der Waals surface area contributed by atoms with Crippen LogP contribution in [0.2, 0.25) is 0 Å². The van der Waals surface area contributed by atoms with E-state index in [1.54, 1.807) is 30.3 Å². The third kappa shape index (κ3) is 4.41. The van der Waals surface area contributed by atoms with Gasteiger partial charge in [-0.15, -0.1) is 0 Å². The van der Waals surface area contributed by atoms with Gasteiger partial charge < -0.3 is 9.47 Å². The number of benzene rings is 2. The van der Waals surface area contributed by atoms with Crippen molar-refractivity contribution in [1.29, 1.82) is 0 Å². The van der Waals surface area contributed by atoms with Crippen molar-refractivity contribution >= 4 is 11.8 Å². The lowest BCUT2D eigenvalue weighted by atomic mass is 10.3. The number of nitrogens with one attached hydrogen (secondary N) is 1. The lowest BCUT2D eigenvalue weighted by Gasteiger charge is -2.09. The molecule has 0 aliphatic heterocycles. The summed E-state index contributed by atoms with van der Waals surface area (Å²) in [6.07, 6.45) is -0.837. The zero-order valence-corrected chi connectivity index (χ0v) is 10.6. The summed E-state index contributed by atoms with van der Waals surface area (Å²) in [5.41, 5.74) is 0.0629. The molecule has 0 bridgehead atoms. The van der Waals surface area contributed by atoms with Gasteiger partial charge in [0.05, 0.1) is 0 Å². The monoisotopic (exact) mass is 297 g/mol. The Morgan fingerprint density at radius 2 is 1.81 bits per heavy atom. The number of anilines is 1. The number of hydrogen-bond donors (Lipinski definition) is 1. The van der Waals surface area contributed by atoms with Gasteiger partial charge in [0.2, 0.25) is 0 Å². The Balaban J connectivity index is 2.04. The number of hydrogen-bond acceptors (Lipinski definition) is 3. The lowest BCUT2D eigenvalue weighted by Crippen LogP contribution is -2.16. The molecule has 4 nitrogen and oxygen atoms in total. The van der Waals surface area contributed by atoms with E-state index in [9.17, 15) is 18.0 Å². The van der Waals surface area contributed by atoms with Gasteiger partial charge in [0.15, 0.2) is 11.6 Å². The smallest absolute Gasteiger partial charge is 0.417 e. The van der Waals surface area contributed by atoms with E-state index in [1.807, 2.05) is 0 Å². The minimum absolute atomic E-state index is 0.0629. The average molecular weight is 297 g/mol. The maximum absolute atomic E-state index is 13.2. The molecule has 2 rings (SSSR count). The fourth-order valence-corrected chi connectivity index (χ4v) is 1.51. The average Bonchev–Trinajstić information content (AvgIpc) is 2.43. The molecule has 1 N–H and O–H groups in total. The number of alkyl halides is 2. The Morgan fingerprint density at radius 3 is 2.48 bits per heavy atom. The highest BCUT2D eigenvalue weighted by Gasteiger charge is 2.12. The van der Waals surface area contributed by atoms with Crippen LogP contribution in [-0.4, -0.2) is 12.7 Å². The van der Waals surface area contributed by atoms with Crippen molar-refractivity contribution in [1.82, 2.24) is 0 Å². The molecule has 7 heteroatoms. The van der Waals surface area contributed by atoms with Crippen LogP contribution in [0.4, 0.5) is 23.7 Å². The maximum atomic E-state index is 13.2. The molecular formula is C14H10F3NO3. The summed E-state index contributed by atoms with van der Waals surface area (Å²) in [4.78, 5) is 11.6. The summed E-state index contributed by atoms with van der Waals surface area (Å²) in [5, 5.41) is 2.28. The molecule has 0 aliphatic rings. The predicted molar refractivity (Wildman–Crippen MR) is 69.1 cm³/mol. The van der Waals surface area contributed by atoms with E-state index in [1.165, 1.54) is 6.07 Å². The number of halogens is 3. The summed E-state index contributed by atoms with van der Waals surface area (Å²) in [7, 11) is 0. The molecular weight excluding hydrogens is 287 g/mol. The van der Waals surface area contributed by atoms with Crippen molar-refractivity contribution in [3.63, 3.8) is 0 Å². The van der Waals surface area contributed by atoms with E-state index in [2.05, 4.69) is 10.1 Å². The van der Waals surface area contributed by atoms with Gasteiger partial charge in [0, 0.05) is 11.8 Å². The van der Waals surface area contributed by atoms with Crippen molar-refractivity contribution in [3.8, 4) is 11.5 Å². The van der Waals surface area contributed by atoms with Gasteiger partial charge >= 0.3 is 12.7 Å². The van der Waals surface area contributed by atoms with Crippen LogP contribution in [0.5, 0.6) is 11.5 Å². The van der Waals surface area contributed by atoms with E-state index < -0.39 is 24.3 Å². The third-order valence-corrected chi connectivity index (χ3v) is 2.35. The molecule has 0 atom stereocenters. The summed E-state index contributed by atoms with van der Waals surface area (Å²) < 4.78 is 46.3. The molecule has 0 aliphatic carbocycles. The topological polar surface area (TPSA) is 47.6 Å². The molecule has 21 heavy (non-hydrogen) atoms. The summed E-state index contributed by atoms with van der Waals surface area (Å²) >= 11 is 0. The Bertz CT molecular complexity index is 620. The van der Waals surface area contributed by atoms with Gasteiger partial charge in [0.1, 0.15) is 5.75 Å². The summed E-state index contributed by atoms with van der Waals surface area (Å²) in [5.74, 6) is -1.32. The minimum Gasteiger partial charge on any atom is -0.432 e. The van der Waals surface area contributed by atoms with Gasteiger partial charge in [-0.25, -0.2) is 9.18 Å². The zero-order chi connectivity index (χ0) is 15.2. The van der Waals surface area contributed by atoms with Crippen LogP contribution in [0.25, 0.3) is 0 Å². The number of amides is 1. The molecule has 0 aromatic heterocycles. The van der Waals surface area contributed by atoms with Crippen LogP contribution in [0, 0.1) is 5.82 Å². The van der Waals surface area contributed by atoms with Crippen LogP contribution >= 0.6 is 0 Å². The molecule has 110 valence electrons. The SMILES string of the molecule is O=C(Nc1ccc(F)c(OC(F)F)c1)Oc1ccccc1. The van der Waals surface area contributed by atoms with Crippen molar-refractivity contribution in [2.45, 2.75) is 6.61 Å². The molecule has 0 saturated carbocycles. The predicted octanol–water partition coefficient (Wildman–Crippen LogP) is 4.04. The number of carbonyl (C=O) groups is 1. The number of carbonyl (C=O) groups excluding carboxylic acids is 1. The number of para-hydroxylation sites is 1. The van der Waals surface area contributed by atoms with E-state index >= 15 is 0 Å². The zero-order valence-electron chi connectivity index (χ0n) is 10.6. The first-order valence-corrected chi connectivity index (χ1v) is 5.83. The molecule has 0 saturated heterocycles. The van der Waals surface area contributed by atoms with E-state index in [4.69, 9.17) is 4.74 Å². The standard InChI is InChI=1S/C14H10F3NO3/c15-11-7-6-9(8-12(11)21-13(16)17)18-14(19)20-10-4-2-1-3-5-10/h1-8,13H,(H,18,19). The van der Waals surface area contributed by atoms with Crippen molar-refractivity contribution in [2.75, 3.05) is 5.32 Å². The van der Waals surface area contributed by atoms with E-state index in [0.717, 1.165) is 12.1 Å². The second-order valence-electron chi connectivity index (χ2n) is 3.85. The highest BCUT2D eigenvalue weighted by Crippen LogP contribution is 2.24. The summed E-state index contributed by atoms with van der Waals surface area (Å²) in [6, 6.07) is 11.3. The maximum Gasteiger partial charge on any atom is 0.417 e. The Hall–Kier alpha value is -2.70. The highest BCUT2D eigenvalue weighted by molar-refractivity contribution is 5.86. The largest absolute Gasteiger partial charge is 0.432 e. The molecule has 1 amide bonds. The van der Waals surface area contributed by atoms with Gasteiger partial charge in [-0.3, -0.25) is 5.32 Å². The second kappa shape index (κ2) is 6.65. The minimum atomic E-state index is -3.16. The second-order valence-corrected chi connectivity index (χ2v) is 3.85. The molecule has 0 heterocycles. The number of ether oxygens (including phenoxy) is 2.